The van der Waals surface area contributed by atoms with Crippen LogP contribution in [0.2, 0.25) is 5.02 Å². The highest BCUT2D eigenvalue weighted by Gasteiger charge is 2.08. The SMILES string of the molecule is CCc1ccc(NCc2cc(Cl)c(O)c(OC)c2)cc1. The molecular formula is C16H18ClNO2. The second-order valence-electron chi connectivity index (χ2n) is 4.53. The highest BCUT2D eigenvalue weighted by molar-refractivity contribution is 6.32. The Morgan fingerprint density at radius 3 is 2.45 bits per heavy atom. The predicted molar refractivity (Wildman–Crippen MR) is 82.8 cm³/mol. The average molecular weight is 292 g/mol. The van der Waals surface area contributed by atoms with Gasteiger partial charge in [0.25, 0.3) is 0 Å². The van der Waals surface area contributed by atoms with Crippen molar-refractivity contribution in [3.05, 3.63) is 52.5 Å². The van der Waals surface area contributed by atoms with Gasteiger partial charge in [0.1, 0.15) is 0 Å². The van der Waals surface area contributed by atoms with Gasteiger partial charge in [0.05, 0.1) is 12.1 Å². The maximum Gasteiger partial charge on any atom is 0.176 e. The first-order chi connectivity index (χ1) is 9.63. The molecule has 3 nitrogen and oxygen atoms in total. The quantitative estimate of drug-likeness (QED) is 0.866. The summed E-state index contributed by atoms with van der Waals surface area (Å²) in [6.45, 7) is 2.75. The van der Waals surface area contributed by atoms with Gasteiger partial charge in [0.15, 0.2) is 11.5 Å². The Morgan fingerprint density at radius 1 is 1.15 bits per heavy atom. The van der Waals surface area contributed by atoms with Crippen molar-refractivity contribution >= 4 is 17.3 Å². The van der Waals surface area contributed by atoms with E-state index in [-0.39, 0.29) is 5.75 Å². The van der Waals surface area contributed by atoms with Crippen molar-refractivity contribution in [1.29, 1.82) is 0 Å². The summed E-state index contributed by atoms with van der Waals surface area (Å²) in [5, 5.41) is 13.3. The summed E-state index contributed by atoms with van der Waals surface area (Å²) in [4.78, 5) is 0. The minimum Gasteiger partial charge on any atom is -0.503 e. The smallest absolute Gasteiger partial charge is 0.176 e. The van der Waals surface area contributed by atoms with Crippen LogP contribution < -0.4 is 10.1 Å². The van der Waals surface area contributed by atoms with Crippen LogP contribution in [0.15, 0.2) is 36.4 Å². The number of hydrogen-bond acceptors (Lipinski definition) is 3. The fourth-order valence-corrected chi connectivity index (χ4v) is 2.18. The molecule has 4 heteroatoms. The molecule has 0 fully saturated rings. The lowest BCUT2D eigenvalue weighted by molar-refractivity contribution is 0.373. The number of benzene rings is 2. The lowest BCUT2D eigenvalue weighted by atomic mass is 10.1. The number of phenols is 1. The number of rotatable bonds is 5. The molecule has 0 radical (unpaired) electrons. The van der Waals surface area contributed by atoms with E-state index >= 15 is 0 Å². The predicted octanol–water partition coefficient (Wildman–Crippen LogP) is 4.23. The number of anilines is 1. The third kappa shape index (κ3) is 3.36. The van der Waals surface area contributed by atoms with E-state index in [0.29, 0.717) is 17.3 Å². The van der Waals surface area contributed by atoms with Crippen molar-refractivity contribution in [3.8, 4) is 11.5 Å². The van der Waals surface area contributed by atoms with Gasteiger partial charge in [-0.05, 0) is 41.8 Å². The Labute approximate surface area is 124 Å². The van der Waals surface area contributed by atoms with Crippen LogP contribution in [0.25, 0.3) is 0 Å². The van der Waals surface area contributed by atoms with Crippen LogP contribution in [-0.4, -0.2) is 12.2 Å². The summed E-state index contributed by atoms with van der Waals surface area (Å²) in [5.74, 6) is 0.362. The van der Waals surface area contributed by atoms with E-state index in [1.807, 2.05) is 0 Å². The molecule has 0 saturated carbocycles. The van der Waals surface area contributed by atoms with Crippen LogP contribution in [-0.2, 0) is 13.0 Å². The standard InChI is InChI=1S/C16H18ClNO2/c1-3-11-4-6-13(7-5-11)18-10-12-8-14(17)16(19)15(9-12)20-2/h4-9,18-19H,3,10H2,1-2H3. The lowest BCUT2D eigenvalue weighted by Crippen LogP contribution is -2.00. The summed E-state index contributed by atoms with van der Waals surface area (Å²) in [7, 11) is 1.51. The van der Waals surface area contributed by atoms with Crippen molar-refractivity contribution in [2.24, 2.45) is 0 Å². The van der Waals surface area contributed by atoms with E-state index in [2.05, 4.69) is 36.5 Å². The maximum absolute atomic E-state index is 9.69. The molecule has 0 spiro atoms. The molecule has 0 aliphatic carbocycles. The topological polar surface area (TPSA) is 41.5 Å². The number of aromatic hydroxyl groups is 1. The zero-order chi connectivity index (χ0) is 14.5. The first kappa shape index (κ1) is 14.5. The van der Waals surface area contributed by atoms with E-state index in [4.69, 9.17) is 16.3 Å². The Balaban J connectivity index is 2.08. The van der Waals surface area contributed by atoms with Gasteiger partial charge in [-0.2, -0.15) is 0 Å². The van der Waals surface area contributed by atoms with Crippen molar-refractivity contribution < 1.29 is 9.84 Å². The first-order valence-corrected chi connectivity index (χ1v) is 6.90. The molecule has 0 unspecified atom stereocenters. The third-order valence-corrected chi connectivity index (χ3v) is 3.46. The molecule has 2 aromatic rings. The minimum absolute atomic E-state index is 0.0229. The highest BCUT2D eigenvalue weighted by atomic mass is 35.5. The van der Waals surface area contributed by atoms with Crippen LogP contribution in [0.3, 0.4) is 0 Å². The van der Waals surface area contributed by atoms with Crippen LogP contribution >= 0.6 is 11.6 Å². The second-order valence-corrected chi connectivity index (χ2v) is 4.94. The molecule has 20 heavy (non-hydrogen) atoms. The minimum atomic E-state index is -0.0229. The molecule has 106 valence electrons. The fourth-order valence-electron chi connectivity index (χ4n) is 1.95. The zero-order valence-electron chi connectivity index (χ0n) is 11.6. The lowest BCUT2D eigenvalue weighted by Gasteiger charge is -2.11. The number of nitrogens with one attached hydrogen (secondary N) is 1. The molecule has 2 N–H and O–H groups in total. The highest BCUT2D eigenvalue weighted by Crippen LogP contribution is 2.35. The Bertz CT molecular complexity index is 582. The Hall–Kier alpha value is -1.87. The average Bonchev–Trinajstić information content (AvgIpc) is 2.48. The van der Waals surface area contributed by atoms with Gasteiger partial charge >= 0.3 is 0 Å². The molecule has 0 aliphatic heterocycles. The molecule has 0 aliphatic rings. The molecule has 0 heterocycles. The molecule has 2 rings (SSSR count). The van der Waals surface area contributed by atoms with E-state index in [1.54, 1.807) is 12.1 Å². The van der Waals surface area contributed by atoms with Crippen LogP contribution in [0.1, 0.15) is 18.1 Å². The van der Waals surface area contributed by atoms with E-state index in [0.717, 1.165) is 17.7 Å². The number of ether oxygens (including phenoxy) is 1. The number of hydrogen-bond donors (Lipinski definition) is 2. The van der Waals surface area contributed by atoms with Gasteiger partial charge < -0.3 is 15.2 Å². The molecule has 0 atom stereocenters. The van der Waals surface area contributed by atoms with Crippen molar-refractivity contribution in [3.63, 3.8) is 0 Å². The summed E-state index contributed by atoms with van der Waals surface area (Å²) in [6.07, 6.45) is 1.03. The van der Waals surface area contributed by atoms with Gasteiger partial charge in [-0.25, -0.2) is 0 Å². The van der Waals surface area contributed by atoms with Crippen molar-refractivity contribution in [2.75, 3.05) is 12.4 Å². The van der Waals surface area contributed by atoms with Gasteiger partial charge in [-0.1, -0.05) is 30.7 Å². The summed E-state index contributed by atoms with van der Waals surface area (Å²) in [5.41, 5.74) is 3.31. The van der Waals surface area contributed by atoms with E-state index in [9.17, 15) is 5.11 Å². The molecule has 0 saturated heterocycles. The largest absolute Gasteiger partial charge is 0.503 e. The molecule has 0 aromatic heterocycles. The second kappa shape index (κ2) is 6.53. The number of phenolic OH excluding ortho intramolecular Hbond substituents is 1. The van der Waals surface area contributed by atoms with Crippen LogP contribution in [0, 0.1) is 0 Å². The van der Waals surface area contributed by atoms with Crippen LogP contribution in [0.5, 0.6) is 11.5 Å². The first-order valence-electron chi connectivity index (χ1n) is 6.52. The molecular weight excluding hydrogens is 274 g/mol. The van der Waals surface area contributed by atoms with Gasteiger partial charge in [-0.3, -0.25) is 0 Å². The monoisotopic (exact) mass is 291 g/mol. The van der Waals surface area contributed by atoms with E-state index < -0.39 is 0 Å². The maximum atomic E-state index is 9.69. The number of halogens is 1. The summed E-state index contributed by atoms with van der Waals surface area (Å²) < 4.78 is 5.09. The molecule has 0 bridgehead atoms. The number of methoxy groups -OCH3 is 1. The Morgan fingerprint density at radius 2 is 1.85 bits per heavy atom. The van der Waals surface area contributed by atoms with Gasteiger partial charge in [0.2, 0.25) is 0 Å². The van der Waals surface area contributed by atoms with Gasteiger partial charge in [0, 0.05) is 12.2 Å². The Kier molecular flexibility index (Phi) is 4.74. The van der Waals surface area contributed by atoms with Crippen molar-refractivity contribution in [1.82, 2.24) is 0 Å². The normalized spacial score (nSPS) is 10.3. The fraction of sp³-hybridized carbons (Fsp3) is 0.250. The summed E-state index contributed by atoms with van der Waals surface area (Å²) in [6, 6.07) is 11.8. The zero-order valence-corrected chi connectivity index (χ0v) is 12.4. The molecule has 0 amide bonds. The van der Waals surface area contributed by atoms with E-state index in [1.165, 1.54) is 12.7 Å². The van der Waals surface area contributed by atoms with Crippen LogP contribution in [0.4, 0.5) is 5.69 Å². The third-order valence-electron chi connectivity index (χ3n) is 3.17. The number of aryl methyl sites for hydroxylation is 1. The van der Waals surface area contributed by atoms with Gasteiger partial charge in [-0.15, -0.1) is 0 Å². The summed E-state index contributed by atoms with van der Waals surface area (Å²) >= 11 is 5.96. The molecule has 2 aromatic carbocycles. The van der Waals surface area contributed by atoms with Crippen molar-refractivity contribution in [2.45, 2.75) is 19.9 Å².